The van der Waals surface area contributed by atoms with Crippen molar-refractivity contribution in [3.05, 3.63) is 79.0 Å². The number of fused-ring (bicyclic) bond motifs is 2. The highest BCUT2D eigenvalue weighted by molar-refractivity contribution is 5.99. The first-order valence-electron chi connectivity index (χ1n) is 13.7. The number of H-pyrrole nitrogens is 2. The summed E-state index contributed by atoms with van der Waals surface area (Å²) in [5, 5.41) is 14.7. The maximum atomic E-state index is 14.6. The number of halogens is 1. The highest BCUT2D eigenvalue weighted by Crippen LogP contribution is 2.34. The van der Waals surface area contributed by atoms with Gasteiger partial charge in [0.25, 0.3) is 0 Å². The molecule has 1 aliphatic heterocycles. The Kier molecular flexibility index (Phi) is 6.44. The zero-order chi connectivity index (χ0) is 27.8. The van der Waals surface area contributed by atoms with Crippen LogP contribution in [0.25, 0.3) is 55.8 Å². The maximum Gasteiger partial charge on any atom is 0.224 e. The number of carbonyl (C=O) groups is 1. The van der Waals surface area contributed by atoms with E-state index in [0.717, 1.165) is 48.0 Å². The summed E-state index contributed by atoms with van der Waals surface area (Å²) in [7, 11) is 0. The Balaban J connectivity index is 1.20. The molecule has 204 valence electrons. The van der Waals surface area contributed by atoms with Crippen molar-refractivity contribution in [1.82, 2.24) is 35.5 Å². The van der Waals surface area contributed by atoms with Crippen molar-refractivity contribution >= 4 is 33.7 Å². The molecule has 1 fully saturated rings. The molecule has 1 aliphatic rings. The molecule has 1 aromatic carbocycles. The van der Waals surface area contributed by atoms with Crippen molar-refractivity contribution in [3.8, 4) is 33.8 Å². The van der Waals surface area contributed by atoms with Crippen molar-refractivity contribution in [2.45, 2.75) is 19.3 Å². The monoisotopic (exact) mass is 546 g/mol. The third-order valence-electron chi connectivity index (χ3n) is 7.61. The number of aromatic nitrogens is 6. The molecule has 1 saturated heterocycles. The number of pyridine rings is 3. The molecule has 9 nitrogen and oxygen atoms in total. The van der Waals surface area contributed by atoms with Gasteiger partial charge >= 0.3 is 0 Å². The molecule has 0 bridgehead atoms. The van der Waals surface area contributed by atoms with Crippen molar-refractivity contribution in [2.75, 3.05) is 18.4 Å². The van der Waals surface area contributed by atoms with Gasteiger partial charge in [0.2, 0.25) is 5.91 Å². The van der Waals surface area contributed by atoms with E-state index in [1.165, 1.54) is 6.07 Å². The largest absolute Gasteiger partial charge is 0.338 e. The van der Waals surface area contributed by atoms with Gasteiger partial charge in [0.05, 0.1) is 28.8 Å². The molecule has 0 aliphatic carbocycles. The number of amides is 1. The molecular formula is C31H27FN8O. The predicted octanol–water partition coefficient (Wildman–Crippen LogP) is 5.70. The first-order valence-corrected chi connectivity index (χ1v) is 13.7. The summed E-state index contributed by atoms with van der Waals surface area (Å²) >= 11 is 0. The summed E-state index contributed by atoms with van der Waals surface area (Å²) in [6.45, 7) is 1.92. The fraction of sp³-hybridized carbons (Fsp3) is 0.194. The first-order chi connectivity index (χ1) is 20.1. The van der Waals surface area contributed by atoms with E-state index in [1.54, 1.807) is 30.7 Å². The van der Waals surface area contributed by atoms with E-state index in [4.69, 9.17) is 4.98 Å². The lowest BCUT2D eigenvalue weighted by Crippen LogP contribution is -2.30. The molecule has 4 N–H and O–H groups in total. The summed E-state index contributed by atoms with van der Waals surface area (Å²) in [6.07, 6.45) is 7.57. The third-order valence-corrected chi connectivity index (χ3v) is 7.61. The Bertz CT molecular complexity index is 1890. The second-order valence-corrected chi connectivity index (χ2v) is 10.4. The zero-order valence-electron chi connectivity index (χ0n) is 22.1. The molecule has 10 heteroatoms. The average Bonchev–Trinajstić information content (AvgIpc) is 3.62. The number of anilines is 1. The van der Waals surface area contributed by atoms with Gasteiger partial charge in [-0.2, -0.15) is 5.10 Å². The molecule has 0 radical (unpaired) electrons. The minimum absolute atomic E-state index is 0.00134. The summed E-state index contributed by atoms with van der Waals surface area (Å²) in [6, 6.07) is 16.1. The Hall–Kier alpha value is -4.96. The minimum atomic E-state index is -0.294. The van der Waals surface area contributed by atoms with Crippen LogP contribution in [0.15, 0.2) is 73.2 Å². The summed E-state index contributed by atoms with van der Waals surface area (Å²) in [5.74, 6) is 0.106. The lowest BCUT2D eigenvalue weighted by atomic mass is 9.94. The standard InChI is InChI=1S/C31H27FN8O/c32-24-4-2-1-3-22(24)21-9-12-35-31-23(21)15-27(38-31)30-29-26(39-40-30)6-5-25(37-29)19-14-20(17-34-16-19)36-28(41)13-18-7-10-33-11-8-18/h1-6,9,12,14-18,33H,7-8,10-11,13H2,(H,35,38)(H,36,41)(H,39,40). The van der Waals surface area contributed by atoms with Crippen LogP contribution in [-0.2, 0) is 4.79 Å². The highest BCUT2D eigenvalue weighted by Gasteiger charge is 2.19. The number of carbonyl (C=O) groups excluding carboxylic acids is 1. The van der Waals surface area contributed by atoms with E-state index < -0.39 is 0 Å². The fourth-order valence-corrected chi connectivity index (χ4v) is 5.52. The highest BCUT2D eigenvalue weighted by atomic mass is 19.1. The van der Waals surface area contributed by atoms with Crippen molar-refractivity contribution in [1.29, 1.82) is 0 Å². The van der Waals surface area contributed by atoms with E-state index in [2.05, 4.69) is 35.8 Å². The van der Waals surface area contributed by atoms with Crippen LogP contribution in [0, 0.1) is 11.7 Å². The van der Waals surface area contributed by atoms with Gasteiger partial charge < -0.3 is 15.6 Å². The van der Waals surface area contributed by atoms with Gasteiger partial charge in [0.1, 0.15) is 22.7 Å². The van der Waals surface area contributed by atoms with E-state index in [-0.39, 0.29) is 11.7 Å². The number of piperidine rings is 1. The van der Waals surface area contributed by atoms with Crippen molar-refractivity contribution in [2.24, 2.45) is 5.92 Å². The van der Waals surface area contributed by atoms with Gasteiger partial charge in [-0.05, 0) is 73.8 Å². The summed E-state index contributed by atoms with van der Waals surface area (Å²) < 4.78 is 14.6. The summed E-state index contributed by atoms with van der Waals surface area (Å²) in [4.78, 5) is 29.7. The Morgan fingerprint density at radius 2 is 1.90 bits per heavy atom. The van der Waals surface area contributed by atoms with E-state index in [1.807, 2.05) is 36.4 Å². The smallest absolute Gasteiger partial charge is 0.224 e. The molecule has 6 heterocycles. The molecule has 5 aromatic heterocycles. The molecule has 1 amide bonds. The Labute approximate surface area is 234 Å². The number of benzene rings is 1. The molecule has 41 heavy (non-hydrogen) atoms. The predicted molar refractivity (Wildman–Crippen MR) is 156 cm³/mol. The van der Waals surface area contributed by atoms with Crippen LogP contribution in [-0.4, -0.2) is 49.1 Å². The number of aromatic amines is 2. The van der Waals surface area contributed by atoms with Gasteiger partial charge in [0, 0.05) is 35.3 Å². The molecule has 7 rings (SSSR count). The van der Waals surface area contributed by atoms with Crippen LogP contribution in [0.5, 0.6) is 0 Å². The summed E-state index contributed by atoms with van der Waals surface area (Å²) in [5.41, 5.74) is 6.77. The number of hydrogen-bond donors (Lipinski definition) is 4. The van der Waals surface area contributed by atoms with Crippen LogP contribution in [0.2, 0.25) is 0 Å². The molecule has 6 aromatic rings. The third kappa shape index (κ3) is 4.93. The quantitative estimate of drug-likeness (QED) is 0.213. The van der Waals surface area contributed by atoms with Crippen LogP contribution < -0.4 is 10.6 Å². The topological polar surface area (TPSA) is 124 Å². The van der Waals surface area contributed by atoms with Crippen molar-refractivity contribution < 1.29 is 9.18 Å². The molecule has 0 unspecified atom stereocenters. The van der Waals surface area contributed by atoms with Crippen molar-refractivity contribution in [3.63, 3.8) is 0 Å². The second-order valence-electron chi connectivity index (χ2n) is 10.4. The Morgan fingerprint density at radius 1 is 1.02 bits per heavy atom. The SMILES string of the molecule is O=C(CC1CCNCC1)Nc1cncc(-c2ccc3[nH]nc(-c4cc5c(-c6ccccc6F)ccnc5[nH]4)c3n2)c1. The van der Waals surface area contributed by atoms with E-state index in [0.29, 0.717) is 51.8 Å². The lowest BCUT2D eigenvalue weighted by Gasteiger charge is -2.21. The first kappa shape index (κ1) is 25.0. The van der Waals surface area contributed by atoms with Crippen LogP contribution in [0.4, 0.5) is 10.1 Å². The number of nitrogens with zero attached hydrogens (tertiary/aromatic N) is 4. The van der Waals surface area contributed by atoms with Gasteiger partial charge in [0.15, 0.2) is 0 Å². The fourth-order valence-electron chi connectivity index (χ4n) is 5.52. The second kappa shape index (κ2) is 10.5. The normalized spacial score (nSPS) is 14.1. The van der Waals surface area contributed by atoms with Gasteiger partial charge in [-0.25, -0.2) is 14.4 Å². The minimum Gasteiger partial charge on any atom is -0.338 e. The lowest BCUT2D eigenvalue weighted by molar-refractivity contribution is -0.117. The molecule has 0 spiro atoms. The molecule has 0 saturated carbocycles. The van der Waals surface area contributed by atoms with Gasteiger partial charge in [-0.15, -0.1) is 0 Å². The van der Waals surface area contributed by atoms with E-state index in [9.17, 15) is 9.18 Å². The number of hydrogen-bond acceptors (Lipinski definition) is 6. The number of nitrogens with one attached hydrogen (secondary N) is 4. The van der Waals surface area contributed by atoms with E-state index >= 15 is 0 Å². The number of rotatable bonds is 6. The Morgan fingerprint density at radius 3 is 2.78 bits per heavy atom. The van der Waals surface area contributed by atoms with Crippen LogP contribution >= 0.6 is 0 Å². The van der Waals surface area contributed by atoms with Crippen LogP contribution in [0.1, 0.15) is 19.3 Å². The average molecular weight is 547 g/mol. The molecule has 0 atom stereocenters. The molecular weight excluding hydrogens is 519 g/mol. The van der Waals surface area contributed by atoms with Gasteiger partial charge in [-0.3, -0.25) is 14.9 Å². The zero-order valence-corrected chi connectivity index (χ0v) is 22.1. The maximum absolute atomic E-state index is 14.6. The van der Waals surface area contributed by atoms with Gasteiger partial charge in [-0.1, -0.05) is 18.2 Å². The van der Waals surface area contributed by atoms with Crippen LogP contribution in [0.3, 0.4) is 0 Å².